The zero-order valence-corrected chi connectivity index (χ0v) is 10.9. The number of likely N-dealkylation sites (tertiary alicyclic amines) is 1. The van der Waals surface area contributed by atoms with Crippen LogP contribution in [0.15, 0.2) is 24.3 Å². The van der Waals surface area contributed by atoms with Gasteiger partial charge in [0.25, 0.3) is 0 Å². The Hall–Kier alpha value is -1.46. The molecule has 1 aliphatic rings. The number of rotatable bonds is 4. The average molecular weight is 265 g/mol. The highest BCUT2D eigenvalue weighted by Crippen LogP contribution is 2.07. The standard InChI is InChI=1S/C14H20FN3O/c15-12-5-3-11(4-6-12)8-17-14(19)10-18-7-1-2-13(16)9-18/h3-6,13H,1-2,7-10,16H2,(H,17,19). The molecule has 1 amide bonds. The van der Waals surface area contributed by atoms with E-state index in [9.17, 15) is 9.18 Å². The lowest BCUT2D eigenvalue weighted by Gasteiger charge is -2.29. The van der Waals surface area contributed by atoms with Crippen LogP contribution in [0.3, 0.4) is 0 Å². The third kappa shape index (κ3) is 4.61. The molecule has 1 fully saturated rings. The van der Waals surface area contributed by atoms with E-state index in [-0.39, 0.29) is 17.8 Å². The fourth-order valence-corrected chi connectivity index (χ4v) is 2.30. The van der Waals surface area contributed by atoms with Crippen molar-refractivity contribution in [2.45, 2.75) is 25.4 Å². The molecule has 0 spiro atoms. The number of piperidine rings is 1. The zero-order chi connectivity index (χ0) is 13.7. The molecule has 3 N–H and O–H groups in total. The first-order valence-electron chi connectivity index (χ1n) is 6.62. The number of halogens is 1. The van der Waals surface area contributed by atoms with Crippen molar-refractivity contribution in [3.8, 4) is 0 Å². The van der Waals surface area contributed by atoms with Crippen LogP contribution in [0.2, 0.25) is 0 Å². The van der Waals surface area contributed by atoms with Crippen molar-refractivity contribution in [2.75, 3.05) is 19.6 Å². The molecule has 0 bridgehead atoms. The third-order valence-corrected chi connectivity index (χ3v) is 3.31. The average Bonchev–Trinajstić information content (AvgIpc) is 2.38. The highest BCUT2D eigenvalue weighted by molar-refractivity contribution is 5.78. The van der Waals surface area contributed by atoms with Crippen molar-refractivity contribution >= 4 is 5.91 Å². The van der Waals surface area contributed by atoms with Crippen molar-refractivity contribution in [1.82, 2.24) is 10.2 Å². The van der Waals surface area contributed by atoms with Crippen molar-refractivity contribution in [1.29, 1.82) is 0 Å². The van der Waals surface area contributed by atoms with E-state index in [1.54, 1.807) is 12.1 Å². The normalized spacial score (nSPS) is 20.2. The Bertz CT molecular complexity index is 421. The van der Waals surface area contributed by atoms with Gasteiger partial charge >= 0.3 is 0 Å². The Morgan fingerprint density at radius 3 is 2.84 bits per heavy atom. The smallest absolute Gasteiger partial charge is 0.234 e. The van der Waals surface area contributed by atoms with Gasteiger partial charge in [-0.2, -0.15) is 0 Å². The van der Waals surface area contributed by atoms with Crippen molar-refractivity contribution in [3.05, 3.63) is 35.6 Å². The van der Waals surface area contributed by atoms with E-state index in [4.69, 9.17) is 5.73 Å². The SMILES string of the molecule is NC1CCCN(CC(=O)NCc2ccc(F)cc2)C1. The summed E-state index contributed by atoms with van der Waals surface area (Å²) in [6.07, 6.45) is 2.08. The van der Waals surface area contributed by atoms with Gasteiger partial charge in [0.2, 0.25) is 5.91 Å². The fraction of sp³-hybridized carbons (Fsp3) is 0.500. The second kappa shape index (κ2) is 6.63. The molecule has 1 unspecified atom stereocenters. The molecular formula is C14H20FN3O. The molecule has 1 saturated heterocycles. The van der Waals surface area contributed by atoms with Gasteiger partial charge in [0.05, 0.1) is 6.54 Å². The third-order valence-electron chi connectivity index (χ3n) is 3.31. The number of nitrogens with one attached hydrogen (secondary N) is 1. The molecule has 19 heavy (non-hydrogen) atoms. The van der Waals surface area contributed by atoms with Crippen LogP contribution in [0, 0.1) is 5.82 Å². The van der Waals surface area contributed by atoms with Gasteiger partial charge in [-0.25, -0.2) is 4.39 Å². The molecule has 1 aromatic carbocycles. The molecule has 5 heteroatoms. The lowest BCUT2D eigenvalue weighted by Crippen LogP contribution is -2.46. The predicted octanol–water partition coefficient (Wildman–Crippen LogP) is 0.865. The first-order chi connectivity index (χ1) is 9.13. The van der Waals surface area contributed by atoms with E-state index in [0.29, 0.717) is 13.1 Å². The molecule has 1 heterocycles. The predicted molar refractivity (Wildman–Crippen MR) is 71.9 cm³/mol. The van der Waals surface area contributed by atoms with E-state index in [1.807, 2.05) is 0 Å². The van der Waals surface area contributed by atoms with Gasteiger partial charge in [0.15, 0.2) is 0 Å². The molecule has 0 radical (unpaired) electrons. The van der Waals surface area contributed by atoms with Gasteiger partial charge in [-0.05, 0) is 37.1 Å². The number of carbonyl (C=O) groups excluding carboxylic acids is 1. The Labute approximate surface area is 112 Å². The lowest BCUT2D eigenvalue weighted by atomic mass is 10.1. The summed E-state index contributed by atoms with van der Waals surface area (Å²) in [4.78, 5) is 13.9. The summed E-state index contributed by atoms with van der Waals surface area (Å²) >= 11 is 0. The molecule has 1 aliphatic heterocycles. The number of carbonyl (C=O) groups is 1. The van der Waals surface area contributed by atoms with Gasteiger partial charge in [-0.1, -0.05) is 12.1 Å². The lowest BCUT2D eigenvalue weighted by molar-refractivity contribution is -0.122. The number of hydrogen-bond donors (Lipinski definition) is 2. The summed E-state index contributed by atoms with van der Waals surface area (Å²) < 4.78 is 12.7. The summed E-state index contributed by atoms with van der Waals surface area (Å²) in [5, 5.41) is 2.84. The van der Waals surface area contributed by atoms with Crippen molar-refractivity contribution in [2.24, 2.45) is 5.73 Å². The largest absolute Gasteiger partial charge is 0.351 e. The molecule has 0 aliphatic carbocycles. The van der Waals surface area contributed by atoms with E-state index in [1.165, 1.54) is 12.1 Å². The highest BCUT2D eigenvalue weighted by Gasteiger charge is 2.18. The number of amides is 1. The highest BCUT2D eigenvalue weighted by atomic mass is 19.1. The Kier molecular flexibility index (Phi) is 4.87. The van der Waals surface area contributed by atoms with Gasteiger partial charge in [0.1, 0.15) is 5.82 Å². The maximum Gasteiger partial charge on any atom is 0.234 e. The summed E-state index contributed by atoms with van der Waals surface area (Å²) in [6.45, 7) is 2.52. The minimum absolute atomic E-state index is 0.0153. The van der Waals surface area contributed by atoms with Gasteiger partial charge in [0, 0.05) is 19.1 Å². The second-order valence-electron chi connectivity index (χ2n) is 5.04. The first kappa shape index (κ1) is 14.0. The van der Waals surface area contributed by atoms with Crippen LogP contribution in [0.4, 0.5) is 4.39 Å². The number of nitrogens with zero attached hydrogens (tertiary/aromatic N) is 1. The number of benzene rings is 1. The summed E-state index contributed by atoms with van der Waals surface area (Å²) in [7, 11) is 0. The van der Waals surface area contributed by atoms with E-state index >= 15 is 0 Å². The zero-order valence-electron chi connectivity index (χ0n) is 10.9. The maximum atomic E-state index is 12.7. The summed E-state index contributed by atoms with van der Waals surface area (Å²) in [6, 6.07) is 6.31. The van der Waals surface area contributed by atoms with Gasteiger partial charge < -0.3 is 11.1 Å². The monoisotopic (exact) mass is 265 g/mol. The summed E-state index contributed by atoms with van der Waals surface area (Å²) in [5.74, 6) is -0.282. The molecule has 1 atom stereocenters. The van der Waals surface area contributed by atoms with Crippen LogP contribution >= 0.6 is 0 Å². The van der Waals surface area contributed by atoms with Crippen molar-refractivity contribution in [3.63, 3.8) is 0 Å². The molecule has 0 aromatic heterocycles. The first-order valence-corrected chi connectivity index (χ1v) is 6.62. The molecule has 4 nitrogen and oxygen atoms in total. The molecule has 0 saturated carbocycles. The molecule has 1 aromatic rings. The molecule has 104 valence electrons. The van der Waals surface area contributed by atoms with E-state index in [0.717, 1.165) is 31.5 Å². The van der Waals surface area contributed by atoms with Gasteiger partial charge in [-0.3, -0.25) is 9.69 Å². The topological polar surface area (TPSA) is 58.4 Å². The van der Waals surface area contributed by atoms with Crippen LogP contribution in [0.1, 0.15) is 18.4 Å². The fourth-order valence-electron chi connectivity index (χ4n) is 2.30. The van der Waals surface area contributed by atoms with Crippen LogP contribution in [-0.4, -0.2) is 36.5 Å². The second-order valence-corrected chi connectivity index (χ2v) is 5.04. The number of nitrogens with two attached hydrogens (primary N) is 1. The Morgan fingerprint density at radius 2 is 2.16 bits per heavy atom. The quantitative estimate of drug-likeness (QED) is 0.849. The van der Waals surface area contributed by atoms with E-state index < -0.39 is 0 Å². The van der Waals surface area contributed by atoms with Crippen LogP contribution in [-0.2, 0) is 11.3 Å². The van der Waals surface area contributed by atoms with Crippen LogP contribution < -0.4 is 11.1 Å². The Balaban J connectivity index is 1.73. The Morgan fingerprint density at radius 1 is 1.42 bits per heavy atom. The maximum absolute atomic E-state index is 12.7. The minimum Gasteiger partial charge on any atom is -0.351 e. The minimum atomic E-state index is -0.266. The van der Waals surface area contributed by atoms with Crippen LogP contribution in [0.25, 0.3) is 0 Å². The van der Waals surface area contributed by atoms with Gasteiger partial charge in [-0.15, -0.1) is 0 Å². The van der Waals surface area contributed by atoms with Crippen molar-refractivity contribution < 1.29 is 9.18 Å². The van der Waals surface area contributed by atoms with E-state index in [2.05, 4.69) is 10.2 Å². The van der Waals surface area contributed by atoms with Crippen LogP contribution in [0.5, 0.6) is 0 Å². The molecular weight excluding hydrogens is 245 g/mol. The molecule has 2 rings (SSSR count). The number of hydrogen-bond acceptors (Lipinski definition) is 3. The summed E-state index contributed by atoms with van der Waals surface area (Å²) in [5.41, 5.74) is 6.76.